The van der Waals surface area contributed by atoms with Crippen molar-refractivity contribution in [3.8, 4) is 0 Å². The average molecular weight is 270 g/mol. The lowest BCUT2D eigenvalue weighted by Gasteiger charge is -2.15. The molecule has 0 radical (unpaired) electrons. The van der Waals surface area contributed by atoms with Gasteiger partial charge in [0.25, 0.3) is 0 Å². The van der Waals surface area contributed by atoms with E-state index in [1.54, 1.807) is 0 Å². The van der Waals surface area contributed by atoms with Crippen LogP contribution in [0.1, 0.15) is 26.2 Å². The van der Waals surface area contributed by atoms with Crippen molar-refractivity contribution in [2.24, 2.45) is 0 Å². The summed E-state index contributed by atoms with van der Waals surface area (Å²) >= 11 is 0. The normalized spacial score (nSPS) is 11.9. The zero-order valence-electron chi connectivity index (χ0n) is 10.4. The van der Waals surface area contributed by atoms with Gasteiger partial charge in [-0.25, -0.2) is 4.79 Å². The predicted molar refractivity (Wildman–Crippen MR) is 67.6 cm³/mol. The maximum absolute atomic E-state index is 13.4. The SMILES string of the molecule is CCCCC(Nc1cccc(F)c1[N+](=O)[O-])C(=O)O. The Balaban J connectivity index is 2.99. The van der Waals surface area contributed by atoms with Crippen LogP contribution in [0.2, 0.25) is 0 Å². The maximum atomic E-state index is 13.4. The third-order valence-corrected chi connectivity index (χ3v) is 2.64. The van der Waals surface area contributed by atoms with Crippen LogP contribution in [0.4, 0.5) is 15.8 Å². The van der Waals surface area contributed by atoms with E-state index in [-0.39, 0.29) is 5.69 Å². The van der Waals surface area contributed by atoms with Gasteiger partial charge >= 0.3 is 11.7 Å². The summed E-state index contributed by atoms with van der Waals surface area (Å²) in [5.41, 5.74) is -0.848. The van der Waals surface area contributed by atoms with Gasteiger partial charge in [0.15, 0.2) is 0 Å². The van der Waals surface area contributed by atoms with Gasteiger partial charge < -0.3 is 10.4 Å². The lowest BCUT2D eigenvalue weighted by molar-refractivity contribution is -0.386. The number of hydrogen-bond acceptors (Lipinski definition) is 4. The highest BCUT2D eigenvalue weighted by Gasteiger charge is 2.24. The van der Waals surface area contributed by atoms with E-state index in [4.69, 9.17) is 5.11 Å². The van der Waals surface area contributed by atoms with E-state index in [1.807, 2.05) is 6.92 Å². The summed E-state index contributed by atoms with van der Waals surface area (Å²) in [6.07, 6.45) is 1.78. The van der Waals surface area contributed by atoms with Gasteiger partial charge in [0.1, 0.15) is 11.7 Å². The lowest BCUT2D eigenvalue weighted by Crippen LogP contribution is -2.29. The predicted octanol–water partition coefficient (Wildman–Crippen LogP) is 2.79. The Morgan fingerprint density at radius 3 is 2.79 bits per heavy atom. The summed E-state index contributed by atoms with van der Waals surface area (Å²) in [5.74, 6) is -2.11. The van der Waals surface area contributed by atoms with Crippen molar-refractivity contribution in [1.82, 2.24) is 0 Å². The molecule has 0 aliphatic carbocycles. The van der Waals surface area contributed by atoms with Gasteiger partial charge in [-0.15, -0.1) is 0 Å². The van der Waals surface area contributed by atoms with Crippen molar-refractivity contribution < 1.29 is 19.2 Å². The number of anilines is 1. The van der Waals surface area contributed by atoms with Gasteiger partial charge in [0.2, 0.25) is 5.82 Å². The Morgan fingerprint density at radius 1 is 1.58 bits per heavy atom. The third kappa shape index (κ3) is 3.90. The van der Waals surface area contributed by atoms with Crippen molar-refractivity contribution in [3.63, 3.8) is 0 Å². The number of benzene rings is 1. The molecule has 1 unspecified atom stereocenters. The minimum Gasteiger partial charge on any atom is -0.480 e. The Labute approximate surface area is 109 Å². The molecule has 0 aliphatic rings. The second-order valence-corrected chi connectivity index (χ2v) is 4.07. The minimum atomic E-state index is -1.12. The molecule has 0 amide bonds. The Hall–Kier alpha value is -2.18. The van der Waals surface area contributed by atoms with Crippen LogP contribution in [-0.4, -0.2) is 22.0 Å². The molecule has 1 rings (SSSR count). The Bertz CT molecular complexity index is 479. The fourth-order valence-electron chi connectivity index (χ4n) is 1.67. The minimum absolute atomic E-state index is 0.117. The highest BCUT2D eigenvalue weighted by atomic mass is 19.1. The van der Waals surface area contributed by atoms with Crippen LogP contribution in [0.15, 0.2) is 18.2 Å². The van der Waals surface area contributed by atoms with E-state index in [9.17, 15) is 19.3 Å². The zero-order chi connectivity index (χ0) is 14.4. The fourth-order valence-corrected chi connectivity index (χ4v) is 1.67. The van der Waals surface area contributed by atoms with E-state index in [1.165, 1.54) is 12.1 Å². The van der Waals surface area contributed by atoms with Crippen molar-refractivity contribution in [2.45, 2.75) is 32.2 Å². The third-order valence-electron chi connectivity index (χ3n) is 2.64. The van der Waals surface area contributed by atoms with Crippen molar-refractivity contribution >= 4 is 17.3 Å². The topological polar surface area (TPSA) is 92.5 Å². The number of halogens is 1. The number of rotatable bonds is 7. The van der Waals surface area contributed by atoms with E-state index < -0.39 is 28.4 Å². The summed E-state index contributed by atoms with van der Waals surface area (Å²) in [7, 11) is 0. The van der Waals surface area contributed by atoms with Crippen molar-refractivity contribution in [3.05, 3.63) is 34.1 Å². The molecule has 2 N–H and O–H groups in total. The van der Waals surface area contributed by atoms with E-state index in [0.29, 0.717) is 12.8 Å². The van der Waals surface area contributed by atoms with Crippen LogP contribution in [0.5, 0.6) is 0 Å². The van der Waals surface area contributed by atoms with Gasteiger partial charge in [-0.05, 0) is 18.6 Å². The van der Waals surface area contributed by atoms with Crippen LogP contribution >= 0.6 is 0 Å². The van der Waals surface area contributed by atoms with Gasteiger partial charge in [0.05, 0.1) is 4.92 Å². The van der Waals surface area contributed by atoms with E-state index in [2.05, 4.69) is 5.32 Å². The molecule has 0 bridgehead atoms. The number of carbonyl (C=O) groups is 1. The molecule has 0 saturated carbocycles. The standard InChI is InChI=1S/C12H15FN2O4/c1-2-3-6-10(12(16)17)14-9-7-4-5-8(13)11(9)15(18)19/h4-5,7,10,14H,2-3,6H2,1H3,(H,16,17). The first-order chi connectivity index (χ1) is 8.97. The summed E-state index contributed by atoms with van der Waals surface area (Å²) in [4.78, 5) is 21.0. The molecular formula is C12H15FN2O4. The number of aliphatic carboxylic acids is 1. The van der Waals surface area contributed by atoms with E-state index >= 15 is 0 Å². The number of para-hydroxylation sites is 1. The smallest absolute Gasteiger partial charge is 0.327 e. The summed E-state index contributed by atoms with van der Waals surface area (Å²) in [5, 5.41) is 22.3. The number of nitro groups is 1. The molecule has 0 aromatic heterocycles. The number of nitrogens with one attached hydrogen (secondary N) is 1. The first-order valence-corrected chi connectivity index (χ1v) is 5.89. The molecule has 1 aromatic carbocycles. The summed E-state index contributed by atoms with van der Waals surface area (Å²) in [6.45, 7) is 1.91. The molecule has 0 aliphatic heterocycles. The molecule has 104 valence electrons. The maximum Gasteiger partial charge on any atom is 0.327 e. The van der Waals surface area contributed by atoms with Gasteiger partial charge in [-0.2, -0.15) is 4.39 Å². The second-order valence-electron chi connectivity index (χ2n) is 4.07. The highest BCUT2D eigenvalue weighted by Crippen LogP contribution is 2.28. The van der Waals surface area contributed by atoms with Crippen molar-refractivity contribution in [2.75, 3.05) is 5.32 Å². The number of unbranched alkanes of at least 4 members (excludes halogenated alkanes) is 1. The molecular weight excluding hydrogens is 255 g/mol. The second kappa shape index (κ2) is 6.67. The molecule has 0 saturated heterocycles. The molecule has 0 spiro atoms. The van der Waals surface area contributed by atoms with E-state index in [0.717, 1.165) is 12.5 Å². The van der Waals surface area contributed by atoms with Gasteiger partial charge in [-0.1, -0.05) is 25.8 Å². The summed E-state index contributed by atoms with van der Waals surface area (Å²) < 4.78 is 13.4. The molecule has 1 atom stereocenters. The quantitative estimate of drug-likeness (QED) is 0.587. The first-order valence-electron chi connectivity index (χ1n) is 5.89. The van der Waals surface area contributed by atoms with Crippen LogP contribution in [0.25, 0.3) is 0 Å². The average Bonchev–Trinajstić information content (AvgIpc) is 2.33. The highest BCUT2D eigenvalue weighted by molar-refractivity contribution is 5.79. The lowest BCUT2D eigenvalue weighted by atomic mass is 10.1. The largest absolute Gasteiger partial charge is 0.480 e. The number of carboxylic acids is 1. The van der Waals surface area contributed by atoms with Gasteiger partial charge in [0, 0.05) is 0 Å². The molecule has 7 heteroatoms. The van der Waals surface area contributed by atoms with Crippen LogP contribution in [-0.2, 0) is 4.79 Å². The number of hydrogen-bond donors (Lipinski definition) is 2. The molecule has 0 heterocycles. The van der Waals surface area contributed by atoms with Crippen molar-refractivity contribution in [1.29, 1.82) is 0 Å². The molecule has 19 heavy (non-hydrogen) atoms. The summed E-state index contributed by atoms with van der Waals surface area (Å²) in [6, 6.07) is 2.58. The zero-order valence-corrected chi connectivity index (χ0v) is 10.4. The van der Waals surface area contributed by atoms with Crippen LogP contribution in [0, 0.1) is 15.9 Å². The molecule has 1 aromatic rings. The van der Waals surface area contributed by atoms with Gasteiger partial charge in [-0.3, -0.25) is 10.1 Å². The first kappa shape index (κ1) is 14.9. The molecule has 0 fully saturated rings. The fraction of sp³-hybridized carbons (Fsp3) is 0.417. The van der Waals surface area contributed by atoms with Crippen LogP contribution < -0.4 is 5.32 Å². The number of nitro benzene ring substituents is 1. The van der Waals surface area contributed by atoms with Crippen LogP contribution in [0.3, 0.4) is 0 Å². The Kier molecular flexibility index (Phi) is 5.23. The number of nitrogens with zero attached hydrogens (tertiary/aromatic N) is 1. The monoisotopic (exact) mass is 270 g/mol. The number of carboxylic acid groups (broad SMARTS) is 1. The Morgan fingerprint density at radius 2 is 2.26 bits per heavy atom. The molecule has 6 nitrogen and oxygen atoms in total.